The lowest BCUT2D eigenvalue weighted by atomic mass is 9.98. The van der Waals surface area contributed by atoms with E-state index in [1.807, 2.05) is 18.2 Å². The van der Waals surface area contributed by atoms with Gasteiger partial charge in [0.2, 0.25) is 0 Å². The van der Waals surface area contributed by atoms with Crippen LogP contribution in [0.25, 0.3) is 10.9 Å². The summed E-state index contributed by atoms with van der Waals surface area (Å²) in [4.78, 5) is 0. The SMILES string of the molecule is N#CCC(C#N)Cc1cn(Cc2ccccc2)c2cccc(I)c12. The van der Waals surface area contributed by atoms with Crippen LogP contribution in [0.5, 0.6) is 0 Å². The Morgan fingerprint density at radius 1 is 1.04 bits per heavy atom. The van der Waals surface area contributed by atoms with Crippen LogP contribution in [0.1, 0.15) is 17.5 Å². The molecule has 0 aliphatic rings. The molecule has 0 aliphatic carbocycles. The average molecular weight is 425 g/mol. The maximum absolute atomic E-state index is 9.29. The van der Waals surface area contributed by atoms with Crippen LogP contribution in [0.4, 0.5) is 0 Å². The number of nitriles is 2. The Morgan fingerprint density at radius 3 is 2.54 bits per heavy atom. The van der Waals surface area contributed by atoms with Crippen LogP contribution in [0, 0.1) is 32.2 Å². The predicted octanol–water partition coefficient (Wildman–Crippen LogP) is 4.89. The van der Waals surface area contributed by atoms with E-state index in [0.717, 1.165) is 12.1 Å². The van der Waals surface area contributed by atoms with Gasteiger partial charge >= 0.3 is 0 Å². The number of aromatic nitrogens is 1. The molecule has 4 heteroatoms. The van der Waals surface area contributed by atoms with Gasteiger partial charge in [-0.2, -0.15) is 10.5 Å². The lowest BCUT2D eigenvalue weighted by Crippen LogP contribution is -2.01. The van der Waals surface area contributed by atoms with Crippen LogP contribution in [-0.4, -0.2) is 4.57 Å². The molecule has 1 aromatic heterocycles. The summed E-state index contributed by atoms with van der Waals surface area (Å²) in [5.41, 5.74) is 3.57. The molecule has 3 aromatic rings. The van der Waals surface area contributed by atoms with Crippen molar-refractivity contribution in [2.75, 3.05) is 0 Å². The minimum atomic E-state index is -0.262. The van der Waals surface area contributed by atoms with Crippen LogP contribution in [0.2, 0.25) is 0 Å². The van der Waals surface area contributed by atoms with Gasteiger partial charge in [0.15, 0.2) is 0 Å². The van der Waals surface area contributed by atoms with Gasteiger partial charge in [-0.3, -0.25) is 0 Å². The van der Waals surface area contributed by atoms with Crippen molar-refractivity contribution in [1.29, 1.82) is 10.5 Å². The van der Waals surface area contributed by atoms with Gasteiger partial charge < -0.3 is 4.57 Å². The monoisotopic (exact) mass is 425 g/mol. The lowest BCUT2D eigenvalue weighted by molar-refractivity contribution is 0.679. The number of halogens is 1. The Morgan fingerprint density at radius 2 is 1.83 bits per heavy atom. The molecule has 118 valence electrons. The fraction of sp³-hybridized carbons (Fsp3) is 0.200. The first-order chi connectivity index (χ1) is 11.7. The van der Waals surface area contributed by atoms with Crippen molar-refractivity contribution in [3.63, 3.8) is 0 Å². The molecule has 1 heterocycles. The number of hydrogen-bond acceptors (Lipinski definition) is 2. The molecule has 3 nitrogen and oxygen atoms in total. The topological polar surface area (TPSA) is 52.5 Å². The largest absolute Gasteiger partial charge is 0.343 e. The Hall–Kier alpha value is -2.31. The van der Waals surface area contributed by atoms with Gasteiger partial charge in [-0.05, 0) is 52.3 Å². The van der Waals surface area contributed by atoms with E-state index >= 15 is 0 Å². The first-order valence-corrected chi connectivity index (χ1v) is 8.87. The molecule has 0 amide bonds. The van der Waals surface area contributed by atoms with Crippen LogP contribution in [0.15, 0.2) is 54.7 Å². The van der Waals surface area contributed by atoms with E-state index in [2.05, 4.69) is 75.8 Å². The highest BCUT2D eigenvalue weighted by molar-refractivity contribution is 14.1. The highest BCUT2D eigenvalue weighted by atomic mass is 127. The molecule has 0 bridgehead atoms. The molecular formula is C20H16IN3. The van der Waals surface area contributed by atoms with Crippen LogP contribution < -0.4 is 0 Å². The van der Waals surface area contributed by atoms with E-state index in [4.69, 9.17) is 5.26 Å². The summed E-state index contributed by atoms with van der Waals surface area (Å²) in [7, 11) is 0. The molecule has 1 atom stereocenters. The maximum Gasteiger partial charge on any atom is 0.0670 e. The standard InChI is InChI=1S/C20H16IN3/c21-18-7-4-8-19-20(18)17(11-16(12-23)9-10-22)14-24(19)13-15-5-2-1-3-6-15/h1-8,14,16H,9,11,13H2. The van der Waals surface area contributed by atoms with Crippen molar-refractivity contribution in [1.82, 2.24) is 4.57 Å². The summed E-state index contributed by atoms with van der Waals surface area (Å²) >= 11 is 2.35. The first-order valence-electron chi connectivity index (χ1n) is 7.79. The van der Waals surface area contributed by atoms with Gasteiger partial charge in [-0.1, -0.05) is 36.4 Å². The third-order valence-corrected chi connectivity index (χ3v) is 5.02. The number of rotatable bonds is 5. The molecule has 24 heavy (non-hydrogen) atoms. The minimum Gasteiger partial charge on any atom is -0.343 e. The van der Waals surface area contributed by atoms with Gasteiger partial charge in [-0.25, -0.2) is 0 Å². The molecule has 0 N–H and O–H groups in total. The second-order valence-electron chi connectivity index (χ2n) is 5.79. The Bertz CT molecular complexity index is 929. The molecule has 0 aliphatic heterocycles. The van der Waals surface area contributed by atoms with Crippen molar-refractivity contribution in [2.45, 2.75) is 19.4 Å². The quantitative estimate of drug-likeness (QED) is 0.547. The zero-order valence-corrected chi connectivity index (χ0v) is 15.3. The highest BCUT2D eigenvalue weighted by Crippen LogP contribution is 2.29. The van der Waals surface area contributed by atoms with Crippen molar-refractivity contribution >= 4 is 33.5 Å². The number of hydrogen-bond donors (Lipinski definition) is 0. The Kier molecular flexibility index (Phi) is 5.17. The first kappa shape index (κ1) is 16.5. The van der Waals surface area contributed by atoms with E-state index in [0.29, 0.717) is 6.42 Å². The smallest absolute Gasteiger partial charge is 0.0670 e. The summed E-state index contributed by atoms with van der Waals surface area (Å²) < 4.78 is 3.42. The molecule has 1 unspecified atom stereocenters. The van der Waals surface area contributed by atoms with Crippen molar-refractivity contribution in [2.24, 2.45) is 5.92 Å². The summed E-state index contributed by atoms with van der Waals surface area (Å²) in [5, 5.41) is 19.4. The second kappa shape index (κ2) is 7.51. The number of nitrogens with zero attached hydrogens (tertiary/aromatic N) is 3. The molecule has 0 saturated heterocycles. The second-order valence-corrected chi connectivity index (χ2v) is 6.96. The van der Waals surface area contributed by atoms with Gasteiger partial charge in [-0.15, -0.1) is 0 Å². The fourth-order valence-corrected chi connectivity index (χ4v) is 3.83. The van der Waals surface area contributed by atoms with Gasteiger partial charge in [0.05, 0.1) is 24.5 Å². The van der Waals surface area contributed by atoms with E-state index in [1.165, 1.54) is 20.0 Å². The van der Waals surface area contributed by atoms with Crippen LogP contribution >= 0.6 is 22.6 Å². The van der Waals surface area contributed by atoms with Crippen molar-refractivity contribution in [3.8, 4) is 12.1 Å². The zero-order valence-electron chi connectivity index (χ0n) is 13.1. The molecule has 0 radical (unpaired) electrons. The van der Waals surface area contributed by atoms with Gasteiger partial charge in [0, 0.05) is 27.2 Å². The fourth-order valence-electron chi connectivity index (χ4n) is 3.00. The molecule has 0 saturated carbocycles. The third-order valence-electron chi connectivity index (χ3n) is 4.12. The predicted molar refractivity (Wildman–Crippen MR) is 103 cm³/mol. The van der Waals surface area contributed by atoms with Gasteiger partial charge in [0.25, 0.3) is 0 Å². The number of benzene rings is 2. The Labute approximate surface area is 155 Å². The van der Waals surface area contributed by atoms with Gasteiger partial charge in [0.1, 0.15) is 0 Å². The van der Waals surface area contributed by atoms with Crippen molar-refractivity contribution in [3.05, 3.63) is 69.4 Å². The van der Waals surface area contributed by atoms with E-state index in [9.17, 15) is 5.26 Å². The van der Waals surface area contributed by atoms with Crippen molar-refractivity contribution < 1.29 is 0 Å². The third kappa shape index (κ3) is 3.44. The van der Waals surface area contributed by atoms with E-state index < -0.39 is 0 Å². The zero-order chi connectivity index (χ0) is 16.9. The van der Waals surface area contributed by atoms with E-state index in [1.54, 1.807) is 0 Å². The number of fused-ring (bicyclic) bond motifs is 1. The molecule has 0 spiro atoms. The lowest BCUT2D eigenvalue weighted by Gasteiger charge is -2.05. The summed E-state index contributed by atoms with van der Waals surface area (Å²) in [5.74, 6) is -0.262. The molecular weight excluding hydrogens is 409 g/mol. The van der Waals surface area contributed by atoms with Crippen LogP contribution in [-0.2, 0) is 13.0 Å². The average Bonchev–Trinajstić information content (AvgIpc) is 2.94. The normalized spacial score (nSPS) is 11.8. The maximum atomic E-state index is 9.29. The molecule has 2 aromatic carbocycles. The Balaban J connectivity index is 2.04. The molecule has 3 rings (SSSR count). The summed E-state index contributed by atoms with van der Waals surface area (Å²) in [6, 6.07) is 21.0. The van der Waals surface area contributed by atoms with E-state index in [-0.39, 0.29) is 12.3 Å². The summed E-state index contributed by atoms with van der Waals surface area (Å²) in [6.45, 7) is 0.799. The van der Waals surface area contributed by atoms with Crippen LogP contribution in [0.3, 0.4) is 0 Å². The molecule has 0 fully saturated rings. The highest BCUT2D eigenvalue weighted by Gasteiger charge is 2.16. The summed E-state index contributed by atoms with van der Waals surface area (Å²) in [6.07, 6.45) is 3.02. The minimum absolute atomic E-state index is 0.262.